The number of hydrogen-bond donors (Lipinski definition) is 1. The van der Waals surface area contributed by atoms with Gasteiger partial charge in [-0.15, -0.1) is 0 Å². The molecule has 20 heavy (non-hydrogen) atoms. The highest BCUT2D eigenvalue weighted by Crippen LogP contribution is 2.30. The summed E-state index contributed by atoms with van der Waals surface area (Å²) in [5, 5.41) is 0. The van der Waals surface area contributed by atoms with E-state index in [-0.39, 0.29) is 36.2 Å². The van der Waals surface area contributed by atoms with Gasteiger partial charge in [0, 0.05) is 25.6 Å². The molecule has 1 saturated carbocycles. The quantitative estimate of drug-likeness (QED) is 0.867. The van der Waals surface area contributed by atoms with E-state index < -0.39 is 5.56 Å². The smallest absolute Gasteiger partial charge is 0.295 e. The van der Waals surface area contributed by atoms with Crippen LogP contribution in [-0.4, -0.2) is 34.7 Å². The summed E-state index contributed by atoms with van der Waals surface area (Å²) in [7, 11) is 0. The van der Waals surface area contributed by atoms with Crippen molar-refractivity contribution in [3.63, 3.8) is 0 Å². The fraction of sp³-hybridized carbons (Fsp3) is 0.538. The second kappa shape index (κ2) is 4.90. The van der Waals surface area contributed by atoms with E-state index in [0.717, 1.165) is 17.6 Å². The van der Waals surface area contributed by atoms with Crippen LogP contribution in [0.15, 0.2) is 21.2 Å². The third-order valence-electron chi connectivity index (χ3n) is 3.74. The monoisotopic (exact) mass is 281 g/mol. The molecule has 0 saturated heterocycles. The molecule has 0 unspecified atom stereocenters. The Morgan fingerprint density at radius 1 is 1.45 bits per heavy atom. The molecule has 1 aliphatic carbocycles. The Kier molecular flexibility index (Phi) is 3.21. The van der Waals surface area contributed by atoms with Gasteiger partial charge in [0.25, 0.3) is 11.5 Å². The maximum Gasteiger partial charge on any atom is 0.295 e. The molecule has 7 heteroatoms. The van der Waals surface area contributed by atoms with Crippen molar-refractivity contribution in [1.29, 1.82) is 0 Å². The van der Waals surface area contributed by atoms with Gasteiger partial charge in [-0.3, -0.25) is 9.59 Å². The lowest BCUT2D eigenvalue weighted by molar-refractivity contribution is 0.0716. The molecule has 1 aromatic heterocycles. The summed E-state index contributed by atoms with van der Waals surface area (Å²) in [4.78, 5) is 26.2. The highest BCUT2D eigenvalue weighted by atomic mass is 19.1. The van der Waals surface area contributed by atoms with E-state index in [1.807, 2.05) is 0 Å². The van der Waals surface area contributed by atoms with E-state index in [2.05, 4.69) is 0 Å². The number of amides is 1. The molecule has 1 aromatic rings. The molecular formula is C13H16FN3O3. The average molecular weight is 281 g/mol. The van der Waals surface area contributed by atoms with Gasteiger partial charge in [-0.25, -0.2) is 4.39 Å². The first kappa shape index (κ1) is 13.1. The molecular weight excluding hydrogens is 265 g/mol. The van der Waals surface area contributed by atoms with Crippen molar-refractivity contribution in [3.05, 3.63) is 33.6 Å². The maximum absolute atomic E-state index is 12.5. The van der Waals surface area contributed by atoms with Crippen molar-refractivity contribution in [2.24, 2.45) is 5.73 Å². The summed E-state index contributed by atoms with van der Waals surface area (Å²) in [6.45, 7) is 0.512. The van der Waals surface area contributed by atoms with Crippen LogP contribution in [0.25, 0.3) is 0 Å². The van der Waals surface area contributed by atoms with Crippen LogP contribution in [0.3, 0.4) is 0 Å². The lowest BCUT2D eigenvalue weighted by Gasteiger charge is -2.24. The fourth-order valence-electron chi connectivity index (χ4n) is 2.48. The second-order valence-corrected chi connectivity index (χ2v) is 5.18. The van der Waals surface area contributed by atoms with Crippen LogP contribution in [-0.2, 0) is 13.0 Å². The van der Waals surface area contributed by atoms with Gasteiger partial charge in [-0.1, -0.05) is 0 Å². The molecule has 0 atom stereocenters. The Labute approximate surface area is 114 Å². The van der Waals surface area contributed by atoms with Crippen molar-refractivity contribution >= 4 is 5.91 Å². The molecule has 108 valence electrons. The van der Waals surface area contributed by atoms with Gasteiger partial charge in [0.05, 0.1) is 12.9 Å². The van der Waals surface area contributed by atoms with Crippen LogP contribution >= 0.6 is 0 Å². The number of nitrogens with two attached hydrogens (primary N) is 1. The summed E-state index contributed by atoms with van der Waals surface area (Å²) < 4.78 is 18.9. The Morgan fingerprint density at radius 2 is 2.20 bits per heavy atom. The van der Waals surface area contributed by atoms with Crippen molar-refractivity contribution in [1.82, 2.24) is 9.64 Å². The molecule has 0 bridgehead atoms. The van der Waals surface area contributed by atoms with Gasteiger partial charge < -0.3 is 15.2 Å². The molecule has 2 heterocycles. The topological polar surface area (TPSA) is 81.5 Å². The standard InChI is InChI=1S/C13H16FN3O3/c14-5-8(6-15)7-17-13(19)11-10(20-17)3-4-16(12(11)18)9-1-2-9/h5,9H,1-4,6-7,15H2. The van der Waals surface area contributed by atoms with Gasteiger partial charge in [0.15, 0.2) is 5.76 Å². The van der Waals surface area contributed by atoms with Crippen LogP contribution in [0.1, 0.15) is 29.0 Å². The third kappa shape index (κ3) is 2.07. The van der Waals surface area contributed by atoms with E-state index in [4.69, 9.17) is 10.3 Å². The Bertz CT molecular complexity index is 627. The van der Waals surface area contributed by atoms with Crippen LogP contribution in [0.2, 0.25) is 0 Å². The zero-order chi connectivity index (χ0) is 14.3. The first-order chi connectivity index (χ1) is 9.65. The van der Waals surface area contributed by atoms with Crippen LogP contribution in [0, 0.1) is 0 Å². The van der Waals surface area contributed by atoms with Gasteiger partial charge in [-0.05, 0) is 18.4 Å². The molecule has 2 aliphatic rings. The molecule has 1 aliphatic heterocycles. The molecule has 0 aromatic carbocycles. The highest BCUT2D eigenvalue weighted by molar-refractivity contribution is 5.96. The summed E-state index contributed by atoms with van der Waals surface area (Å²) in [5.74, 6) is 0.131. The average Bonchev–Trinajstić information content (AvgIpc) is 3.22. The van der Waals surface area contributed by atoms with E-state index in [1.165, 1.54) is 0 Å². The van der Waals surface area contributed by atoms with E-state index in [0.29, 0.717) is 25.1 Å². The number of aromatic nitrogens is 1. The number of carbonyl (C=O) groups excluding carboxylic acids is 1. The van der Waals surface area contributed by atoms with Crippen molar-refractivity contribution < 1.29 is 13.7 Å². The summed E-state index contributed by atoms with van der Waals surface area (Å²) in [5.41, 5.74) is 5.20. The predicted molar refractivity (Wildman–Crippen MR) is 69.0 cm³/mol. The predicted octanol–water partition coefficient (Wildman–Crippen LogP) is 0.414. The third-order valence-corrected chi connectivity index (χ3v) is 3.74. The van der Waals surface area contributed by atoms with Crippen LogP contribution < -0.4 is 11.3 Å². The Morgan fingerprint density at radius 3 is 2.80 bits per heavy atom. The molecule has 0 radical (unpaired) electrons. The fourth-order valence-corrected chi connectivity index (χ4v) is 2.48. The number of fused-ring (bicyclic) bond motifs is 1. The Balaban J connectivity index is 1.92. The molecule has 1 fully saturated rings. The SMILES string of the molecule is NCC(=CF)Cn1oc2c(c1=O)C(=O)N(C1CC1)CC2. The Hall–Kier alpha value is -1.89. The normalized spacial score (nSPS) is 19.4. The maximum atomic E-state index is 12.5. The molecule has 2 N–H and O–H groups in total. The lowest BCUT2D eigenvalue weighted by Crippen LogP contribution is -2.41. The second-order valence-electron chi connectivity index (χ2n) is 5.18. The van der Waals surface area contributed by atoms with Crippen LogP contribution in [0.5, 0.6) is 0 Å². The molecule has 6 nitrogen and oxygen atoms in total. The minimum Gasteiger partial charge on any atom is -0.380 e. The van der Waals surface area contributed by atoms with E-state index in [1.54, 1.807) is 4.90 Å². The van der Waals surface area contributed by atoms with Gasteiger partial charge in [-0.2, -0.15) is 4.74 Å². The number of hydrogen-bond acceptors (Lipinski definition) is 4. The van der Waals surface area contributed by atoms with Crippen molar-refractivity contribution in [2.45, 2.75) is 31.8 Å². The minimum absolute atomic E-state index is 0.00352. The lowest BCUT2D eigenvalue weighted by atomic mass is 10.1. The number of rotatable bonds is 4. The van der Waals surface area contributed by atoms with Gasteiger partial charge >= 0.3 is 0 Å². The first-order valence-electron chi connectivity index (χ1n) is 6.68. The molecule has 3 rings (SSSR count). The summed E-state index contributed by atoms with van der Waals surface area (Å²) in [6, 6.07) is 0.267. The number of nitrogens with zero attached hydrogens (tertiary/aromatic N) is 2. The van der Waals surface area contributed by atoms with Crippen molar-refractivity contribution in [2.75, 3.05) is 13.1 Å². The minimum atomic E-state index is -0.497. The number of carbonyl (C=O) groups is 1. The van der Waals surface area contributed by atoms with Crippen LogP contribution in [0.4, 0.5) is 4.39 Å². The zero-order valence-electron chi connectivity index (χ0n) is 11.0. The molecule has 0 spiro atoms. The van der Waals surface area contributed by atoms with Gasteiger partial charge in [0.2, 0.25) is 0 Å². The van der Waals surface area contributed by atoms with Crippen molar-refractivity contribution in [3.8, 4) is 0 Å². The highest BCUT2D eigenvalue weighted by Gasteiger charge is 2.39. The van der Waals surface area contributed by atoms with E-state index in [9.17, 15) is 14.0 Å². The summed E-state index contributed by atoms with van der Waals surface area (Å²) in [6.07, 6.45) is 2.88. The summed E-state index contributed by atoms with van der Waals surface area (Å²) >= 11 is 0. The largest absolute Gasteiger partial charge is 0.380 e. The first-order valence-corrected chi connectivity index (χ1v) is 6.68. The zero-order valence-corrected chi connectivity index (χ0v) is 11.0. The van der Waals surface area contributed by atoms with Gasteiger partial charge in [0.1, 0.15) is 5.56 Å². The number of halogens is 1. The molecule has 1 amide bonds. The van der Waals surface area contributed by atoms with E-state index >= 15 is 0 Å².